The zero-order chi connectivity index (χ0) is 10.8. The van der Waals surface area contributed by atoms with Gasteiger partial charge in [-0.25, -0.2) is 4.98 Å². The standard InChI is InChI=1S/C13H21N3/c1-2-4-11(5-3-1)9-16-10-15-12-8-14-7-6-13(12)16/h10-11,14H,1-9H2. The van der Waals surface area contributed by atoms with Gasteiger partial charge in [-0.3, -0.25) is 0 Å². The summed E-state index contributed by atoms with van der Waals surface area (Å²) in [6, 6.07) is 0. The summed E-state index contributed by atoms with van der Waals surface area (Å²) >= 11 is 0. The summed E-state index contributed by atoms with van der Waals surface area (Å²) in [6.45, 7) is 3.29. The molecule has 0 aromatic carbocycles. The molecule has 2 heterocycles. The molecule has 0 amide bonds. The quantitative estimate of drug-likeness (QED) is 0.825. The predicted molar refractivity (Wildman–Crippen MR) is 64.2 cm³/mol. The first-order chi connectivity index (χ1) is 7.93. The number of nitrogens with one attached hydrogen (secondary N) is 1. The van der Waals surface area contributed by atoms with Gasteiger partial charge in [-0.05, 0) is 18.8 Å². The Morgan fingerprint density at radius 2 is 2.19 bits per heavy atom. The highest BCUT2D eigenvalue weighted by Gasteiger charge is 2.18. The van der Waals surface area contributed by atoms with E-state index in [1.54, 1.807) is 0 Å². The number of hydrogen-bond acceptors (Lipinski definition) is 2. The maximum Gasteiger partial charge on any atom is 0.0952 e. The van der Waals surface area contributed by atoms with Crippen molar-refractivity contribution in [3.8, 4) is 0 Å². The van der Waals surface area contributed by atoms with E-state index in [9.17, 15) is 0 Å². The van der Waals surface area contributed by atoms with E-state index in [1.165, 1.54) is 50.0 Å². The number of imidazole rings is 1. The van der Waals surface area contributed by atoms with E-state index in [0.29, 0.717) is 0 Å². The van der Waals surface area contributed by atoms with Gasteiger partial charge in [0.1, 0.15) is 0 Å². The Balaban J connectivity index is 1.71. The summed E-state index contributed by atoms with van der Waals surface area (Å²) in [4.78, 5) is 4.52. The third-order valence-electron chi connectivity index (χ3n) is 4.04. The Morgan fingerprint density at radius 3 is 3.06 bits per heavy atom. The van der Waals surface area contributed by atoms with Crippen LogP contribution in [0.15, 0.2) is 6.33 Å². The molecule has 88 valence electrons. The molecule has 1 aliphatic heterocycles. The summed E-state index contributed by atoms with van der Waals surface area (Å²) in [7, 11) is 0. The molecule has 0 unspecified atom stereocenters. The lowest BCUT2D eigenvalue weighted by Gasteiger charge is -2.23. The first kappa shape index (κ1) is 10.3. The van der Waals surface area contributed by atoms with Crippen molar-refractivity contribution in [2.75, 3.05) is 6.54 Å². The lowest BCUT2D eigenvalue weighted by atomic mass is 9.89. The van der Waals surface area contributed by atoms with Crippen LogP contribution < -0.4 is 5.32 Å². The first-order valence-corrected chi connectivity index (χ1v) is 6.67. The predicted octanol–water partition coefficient (Wildman–Crippen LogP) is 2.11. The van der Waals surface area contributed by atoms with E-state index in [0.717, 1.165) is 25.4 Å². The molecule has 0 spiro atoms. The molecule has 0 atom stereocenters. The fourth-order valence-electron chi connectivity index (χ4n) is 3.10. The highest BCUT2D eigenvalue weighted by Crippen LogP contribution is 2.26. The Kier molecular flexibility index (Phi) is 2.96. The summed E-state index contributed by atoms with van der Waals surface area (Å²) in [5.41, 5.74) is 2.77. The maximum atomic E-state index is 4.52. The van der Waals surface area contributed by atoms with Gasteiger partial charge in [0.25, 0.3) is 0 Å². The molecule has 0 radical (unpaired) electrons. The zero-order valence-electron chi connectivity index (χ0n) is 9.91. The molecular formula is C13H21N3. The van der Waals surface area contributed by atoms with Crippen LogP contribution in [-0.2, 0) is 19.5 Å². The Bertz CT molecular complexity index is 350. The van der Waals surface area contributed by atoms with E-state index in [2.05, 4.69) is 21.2 Å². The minimum atomic E-state index is 0.905. The molecule has 1 N–H and O–H groups in total. The molecule has 1 aromatic rings. The Morgan fingerprint density at radius 1 is 1.31 bits per heavy atom. The number of aromatic nitrogens is 2. The van der Waals surface area contributed by atoms with Crippen molar-refractivity contribution in [3.63, 3.8) is 0 Å². The molecule has 3 rings (SSSR count). The highest BCUT2D eigenvalue weighted by molar-refractivity contribution is 5.16. The molecule has 3 nitrogen and oxygen atoms in total. The number of hydrogen-bond donors (Lipinski definition) is 1. The Labute approximate surface area is 97.3 Å². The molecule has 1 fully saturated rings. The third-order valence-corrected chi connectivity index (χ3v) is 4.04. The topological polar surface area (TPSA) is 29.9 Å². The molecule has 0 bridgehead atoms. The van der Waals surface area contributed by atoms with Gasteiger partial charge >= 0.3 is 0 Å². The highest BCUT2D eigenvalue weighted by atomic mass is 15.1. The van der Waals surface area contributed by atoms with Crippen molar-refractivity contribution in [3.05, 3.63) is 17.7 Å². The maximum absolute atomic E-state index is 4.52. The van der Waals surface area contributed by atoms with Crippen molar-refractivity contribution >= 4 is 0 Å². The second kappa shape index (κ2) is 4.58. The Hall–Kier alpha value is -0.830. The van der Waals surface area contributed by atoms with Crippen LogP contribution in [0.3, 0.4) is 0 Å². The molecule has 1 aromatic heterocycles. The van der Waals surface area contributed by atoms with Crippen molar-refractivity contribution in [2.45, 2.75) is 51.6 Å². The van der Waals surface area contributed by atoms with Crippen LogP contribution in [0.25, 0.3) is 0 Å². The van der Waals surface area contributed by atoms with Crippen LogP contribution in [0, 0.1) is 5.92 Å². The minimum Gasteiger partial charge on any atom is -0.334 e. The SMILES string of the molecule is c1nc2c(n1CC1CCCCC1)CCNC2. The lowest BCUT2D eigenvalue weighted by molar-refractivity contribution is 0.315. The zero-order valence-corrected chi connectivity index (χ0v) is 9.91. The van der Waals surface area contributed by atoms with Crippen molar-refractivity contribution in [1.82, 2.24) is 14.9 Å². The minimum absolute atomic E-state index is 0.905. The monoisotopic (exact) mass is 219 g/mol. The summed E-state index contributed by atoms with van der Waals surface area (Å²) in [5, 5.41) is 3.38. The number of rotatable bonds is 2. The molecule has 3 heteroatoms. The summed E-state index contributed by atoms with van der Waals surface area (Å²) in [5.74, 6) is 0.905. The largest absolute Gasteiger partial charge is 0.334 e. The second-order valence-corrected chi connectivity index (χ2v) is 5.22. The average molecular weight is 219 g/mol. The van der Waals surface area contributed by atoms with Crippen LogP contribution in [-0.4, -0.2) is 16.1 Å². The van der Waals surface area contributed by atoms with Gasteiger partial charge in [0.2, 0.25) is 0 Å². The molecule has 0 saturated heterocycles. The van der Waals surface area contributed by atoms with Crippen LogP contribution in [0.1, 0.15) is 43.5 Å². The van der Waals surface area contributed by atoms with Crippen molar-refractivity contribution in [1.29, 1.82) is 0 Å². The first-order valence-electron chi connectivity index (χ1n) is 6.67. The fraction of sp³-hybridized carbons (Fsp3) is 0.769. The van der Waals surface area contributed by atoms with Crippen molar-refractivity contribution in [2.24, 2.45) is 5.92 Å². The number of nitrogens with zero attached hydrogens (tertiary/aromatic N) is 2. The summed E-state index contributed by atoms with van der Waals surface area (Å²) in [6.07, 6.45) is 10.4. The van der Waals surface area contributed by atoms with Gasteiger partial charge in [0.05, 0.1) is 12.0 Å². The van der Waals surface area contributed by atoms with Gasteiger partial charge in [-0.15, -0.1) is 0 Å². The van der Waals surface area contributed by atoms with Crippen LogP contribution in [0.4, 0.5) is 0 Å². The smallest absolute Gasteiger partial charge is 0.0952 e. The van der Waals surface area contributed by atoms with E-state index in [-0.39, 0.29) is 0 Å². The average Bonchev–Trinajstić information content (AvgIpc) is 2.74. The normalized spacial score (nSPS) is 22.0. The van der Waals surface area contributed by atoms with E-state index in [1.807, 2.05) is 0 Å². The van der Waals surface area contributed by atoms with Gasteiger partial charge in [0.15, 0.2) is 0 Å². The third kappa shape index (κ3) is 2.01. The van der Waals surface area contributed by atoms with E-state index < -0.39 is 0 Å². The van der Waals surface area contributed by atoms with E-state index >= 15 is 0 Å². The van der Waals surface area contributed by atoms with Gasteiger partial charge < -0.3 is 9.88 Å². The van der Waals surface area contributed by atoms with Crippen LogP contribution in [0.2, 0.25) is 0 Å². The van der Waals surface area contributed by atoms with Crippen LogP contribution >= 0.6 is 0 Å². The molecule has 16 heavy (non-hydrogen) atoms. The van der Waals surface area contributed by atoms with Gasteiger partial charge in [0, 0.05) is 31.7 Å². The molecular weight excluding hydrogens is 198 g/mol. The van der Waals surface area contributed by atoms with Gasteiger partial charge in [-0.2, -0.15) is 0 Å². The van der Waals surface area contributed by atoms with E-state index in [4.69, 9.17) is 0 Å². The number of fused-ring (bicyclic) bond motifs is 1. The fourth-order valence-corrected chi connectivity index (χ4v) is 3.10. The summed E-state index contributed by atoms with van der Waals surface area (Å²) < 4.78 is 2.42. The second-order valence-electron chi connectivity index (χ2n) is 5.22. The van der Waals surface area contributed by atoms with Crippen LogP contribution in [0.5, 0.6) is 0 Å². The lowest BCUT2D eigenvalue weighted by Crippen LogP contribution is -2.26. The molecule has 2 aliphatic rings. The molecule has 1 saturated carbocycles. The van der Waals surface area contributed by atoms with Gasteiger partial charge in [-0.1, -0.05) is 19.3 Å². The molecule has 1 aliphatic carbocycles. The van der Waals surface area contributed by atoms with Crippen molar-refractivity contribution < 1.29 is 0 Å².